The third-order valence-electron chi connectivity index (χ3n) is 3.87. The highest BCUT2D eigenvalue weighted by Gasteiger charge is 2.08. The van der Waals surface area contributed by atoms with Crippen LogP contribution in [-0.2, 0) is 18.4 Å². The lowest BCUT2D eigenvalue weighted by atomic mass is 10.1. The van der Waals surface area contributed by atoms with Crippen LogP contribution in [0.15, 0.2) is 35.3 Å². The summed E-state index contributed by atoms with van der Waals surface area (Å²) in [6.45, 7) is 4.47. The molecule has 0 bridgehead atoms. The first-order chi connectivity index (χ1) is 12.4. The van der Waals surface area contributed by atoms with Gasteiger partial charge in [-0.2, -0.15) is 10.1 Å². The summed E-state index contributed by atoms with van der Waals surface area (Å²) in [5.74, 6) is 0.683. The highest BCUT2D eigenvalue weighted by atomic mass is 16.1. The first-order valence-corrected chi connectivity index (χ1v) is 8.47. The maximum Gasteiger partial charge on any atom is 0.263 e. The summed E-state index contributed by atoms with van der Waals surface area (Å²) < 4.78 is 1.56. The molecule has 0 aliphatic carbocycles. The van der Waals surface area contributed by atoms with Crippen molar-refractivity contribution in [2.45, 2.75) is 26.8 Å². The van der Waals surface area contributed by atoms with E-state index in [-0.39, 0.29) is 11.5 Å². The maximum atomic E-state index is 12.1. The number of hydrogen-bond acceptors (Lipinski definition) is 5. The van der Waals surface area contributed by atoms with Gasteiger partial charge in [0.1, 0.15) is 5.39 Å². The molecule has 0 fully saturated rings. The minimum atomic E-state index is -0.236. The van der Waals surface area contributed by atoms with Gasteiger partial charge in [0.15, 0.2) is 5.65 Å². The van der Waals surface area contributed by atoms with Gasteiger partial charge >= 0.3 is 0 Å². The molecular weight excluding hydrogens is 332 g/mol. The molecule has 136 valence electrons. The fraction of sp³-hybridized carbons (Fsp3) is 0.333. The Balaban J connectivity index is 1.70. The van der Waals surface area contributed by atoms with E-state index in [9.17, 15) is 9.59 Å². The number of carbonyl (C=O) groups is 1. The van der Waals surface area contributed by atoms with E-state index in [1.807, 2.05) is 38.1 Å². The first kappa shape index (κ1) is 17.7. The Morgan fingerprint density at radius 3 is 2.92 bits per heavy atom. The van der Waals surface area contributed by atoms with Crippen LogP contribution in [0.2, 0.25) is 0 Å². The van der Waals surface area contributed by atoms with Crippen LogP contribution in [0.4, 0.5) is 11.6 Å². The van der Waals surface area contributed by atoms with Crippen LogP contribution < -0.4 is 16.2 Å². The first-order valence-electron chi connectivity index (χ1n) is 8.47. The number of aromatic amines is 1. The molecule has 3 rings (SSSR count). The third-order valence-corrected chi connectivity index (χ3v) is 3.87. The smallest absolute Gasteiger partial charge is 0.263 e. The van der Waals surface area contributed by atoms with Crippen molar-refractivity contribution in [3.63, 3.8) is 0 Å². The molecule has 1 aromatic carbocycles. The summed E-state index contributed by atoms with van der Waals surface area (Å²) in [6.07, 6.45) is 1.98. The number of carbonyl (C=O) groups excluding carboxylic acids is 1. The van der Waals surface area contributed by atoms with Crippen molar-refractivity contribution >= 4 is 28.6 Å². The second-order valence-corrected chi connectivity index (χ2v) is 6.62. The largest absolute Gasteiger partial charge is 0.352 e. The minimum absolute atomic E-state index is 0.00207. The van der Waals surface area contributed by atoms with Gasteiger partial charge < -0.3 is 10.6 Å². The molecule has 1 amide bonds. The number of fused-ring (bicyclic) bond motifs is 1. The number of H-pyrrole nitrogens is 1. The van der Waals surface area contributed by atoms with Crippen LogP contribution >= 0.6 is 0 Å². The van der Waals surface area contributed by atoms with Crippen LogP contribution in [0.5, 0.6) is 0 Å². The summed E-state index contributed by atoms with van der Waals surface area (Å²) in [5, 5.41) is 10.5. The lowest BCUT2D eigenvalue weighted by Gasteiger charge is -2.10. The van der Waals surface area contributed by atoms with Crippen molar-refractivity contribution in [3.8, 4) is 0 Å². The molecule has 0 aliphatic heterocycles. The number of aryl methyl sites for hydroxylation is 1. The highest BCUT2D eigenvalue weighted by molar-refractivity contribution is 5.90. The Morgan fingerprint density at radius 2 is 2.15 bits per heavy atom. The predicted molar refractivity (Wildman–Crippen MR) is 101 cm³/mol. The average molecular weight is 354 g/mol. The van der Waals surface area contributed by atoms with Crippen molar-refractivity contribution in [1.82, 2.24) is 19.7 Å². The van der Waals surface area contributed by atoms with Gasteiger partial charge in [-0.3, -0.25) is 19.3 Å². The molecule has 0 atom stereocenters. The van der Waals surface area contributed by atoms with Gasteiger partial charge in [-0.1, -0.05) is 26.0 Å². The van der Waals surface area contributed by atoms with E-state index in [0.29, 0.717) is 35.9 Å². The molecule has 0 saturated carbocycles. The Bertz CT molecular complexity index is 989. The van der Waals surface area contributed by atoms with Crippen LogP contribution in [-0.4, -0.2) is 25.7 Å². The molecule has 2 heterocycles. The van der Waals surface area contributed by atoms with Gasteiger partial charge in [0.25, 0.3) is 5.56 Å². The third kappa shape index (κ3) is 4.08. The van der Waals surface area contributed by atoms with Crippen LogP contribution in [0.1, 0.15) is 25.8 Å². The number of amides is 1. The van der Waals surface area contributed by atoms with E-state index in [2.05, 4.69) is 25.7 Å². The second kappa shape index (κ2) is 7.38. The quantitative estimate of drug-likeness (QED) is 0.630. The molecule has 0 spiro atoms. The van der Waals surface area contributed by atoms with Crippen molar-refractivity contribution in [2.75, 3.05) is 10.6 Å². The molecule has 8 nitrogen and oxygen atoms in total. The van der Waals surface area contributed by atoms with E-state index >= 15 is 0 Å². The maximum absolute atomic E-state index is 12.1. The molecule has 26 heavy (non-hydrogen) atoms. The summed E-state index contributed by atoms with van der Waals surface area (Å²) in [6, 6.07) is 7.56. The molecule has 0 unspecified atom stereocenters. The number of anilines is 2. The minimum Gasteiger partial charge on any atom is -0.352 e. The molecule has 2 aromatic heterocycles. The van der Waals surface area contributed by atoms with Crippen molar-refractivity contribution < 1.29 is 4.79 Å². The number of aromatic nitrogens is 4. The molecule has 3 aromatic rings. The molecule has 8 heteroatoms. The Kier molecular flexibility index (Phi) is 5.01. The number of hydrogen-bond donors (Lipinski definition) is 3. The van der Waals surface area contributed by atoms with E-state index in [1.54, 1.807) is 11.7 Å². The molecule has 0 aliphatic rings. The summed E-state index contributed by atoms with van der Waals surface area (Å²) in [7, 11) is 1.74. The van der Waals surface area contributed by atoms with Gasteiger partial charge in [0.2, 0.25) is 11.9 Å². The van der Waals surface area contributed by atoms with E-state index in [1.165, 1.54) is 6.20 Å². The van der Waals surface area contributed by atoms with E-state index < -0.39 is 0 Å². The number of nitrogens with zero attached hydrogens (tertiary/aromatic N) is 3. The zero-order valence-corrected chi connectivity index (χ0v) is 15.0. The Morgan fingerprint density at radius 1 is 1.35 bits per heavy atom. The lowest BCUT2D eigenvalue weighted by Crippen LogP contribution is -2.15. The fourth-order valence-corrected chi connectivity index (χ4v) is 2.64. The second-order valence-electron chi connectivity index (χ2n) is 6.62. The van der Waals surface area contributed by atoms with E-state index in [4.69, 9.17) is 0 Å². The average Bonchev–Trinajstić information content (AvgIpc) is 2.94. The lowest BCUT2D eigenvalue weighted by molar-refractivity contribution is -0.116. The monoisotopic (exact) mass is 354 g/mol. The fourth-order valence-electron chi connectivity index (χ4n) is 2.64. The molecule has 0 radical (unpaired) electrons. The van der Waals surface area contributed by atoms with Crippen molar-refractivity contribution in [2.24, 2.45) is 13.0 Å². The zero-order chi connectivity index (χ0) is 18.7. The summed E-state index contributed by atoms with van der Waals surface area (Å²) in [5.41, 5.74) is 1.99. The zero-order valence-electron chi connectivity index (χ0n) is 15.0. The molecule has 0 saturated heterocycles. The van der Waals surface area contributed by atoms with Crippen molar-refractivity contribution in [1.29, 1.82) is 0 Å². The normalized spacial score (nSPS) is 11.1. The standard InChI is InChI=1S/C18H22N6O2/c1-11(2)7-15(25)21-13-6-4-5-12(8-13)9-19-18-22-16-14(17(26)23-18)10-20-24(16)3/h4-6,8,10-11H,7,9H2,1-3H3,(H,21,25)(H2,19,22,23,26). The SMILES string of the molecule is CC(C)CC(=O)Nc1cccc(CNc2nc3c(cnn3C)c(=O)[nH]2)c1. The number of rotatable bonds is 6. The van der Waals surface area contributed by atoms with Gasteiger partial charge in [-0.25, -0.2) is 0 Å². The number of nitrogens with one attached hydrogen (secondary N) is 3. The Hall–Kier alpha value is -3.16. The predicted octanol–water partition coefficient (Wildman–Crippen LogP) is 2.25. The van der Waals surface area contributed by atoms with E-state index in [0.717, 1.165) is 11.3 Å². The van der Waals surface area contributed by atoms with Crippen LogP contribution in [0.25, 0.3) is 11.0 Å². The summed E-state index contributed by atoms with van der Waals surface area (Å²) in [4.78, 5) is 31.0. The molecular formula is C18H22N6O2. The van der Waals surface area contributed by atoms with Crippen molar-refractivity contribution in [3.05, 3.63) is 46.4 Å². The van der Waals surface area contributed by atoms with Gasteiger partial charge in [-0.15, -0.1) is 0 Å². The topological polar surface area (TPSA) is 105 Å². The highest BCUT2D eigenvalue weighted by Crippen LogP contribution is 2.14. The Labute approximate surface area is 150 Å². The molecule has 3 N–H and O–H groups in total. The van der Waals surface area contributed by atoms with Crippen LogP contribution in [0, 0.1) is 5.92 Å². The van der Waals surface area contributed by atoms with Crippen LogP contribution in [0.3, 0.4) is 0 Å². The number of benzene rings is 1. The summed E-state index contributed by atoms with van der Waals surface area (Å²) >= 11 is 0. The van der Waals surface area contributed by atoms with Gasteiger partial charge in [0, 0.05) is 25.7 Å². The van der Waals surface area contributed by atoms with Gasteiger partial charge in [0.05, 0.1) is 6.20 Å². The van der Waals surface area contributed by atoms with Gasteiger partial charge in [-0.05, 0) is 23.6 Å².